The van der Waals surface area contributed by atoms with Crippen LogP contribution in [-0.4, -0.2) is 23.7 Å². The smallest absolute Gasteiger partial charge is 0.277 e. The number of carbonyl (C=O) groups is 1. The van der Waals surface area contributed by atoms with Crippen LogP contribution in [-0.2, 0) is 4.79 Å². The number of aryl methyl sites for hydroxylation is 1. The third kappa shape index (κ3) is 5.64. The molecule has 1 amide bonds. The van der Waals surface area contributed by atoms with Crippen LogP contribution < -0.4 is 10.2 Å². The van der Waals surface area contributed by atoms with Gasteiger partial charge in [-0.05, 0) is 40.5 Å². The van der Waals surface area contributed by atoms with Crippen molar-refractivity contribution >= 4 is 49.7 Å². The summed E-state index contributed by atoms with van der Waals surface area (Å²) in [5.74, 6) is 0.122. The van der Waals surface area contributed by atoms with E-state index in [0.29, 0.717) is 11.3 Å². The van der Waals surface area contributed by atoms with E-state index in [0.717, 1.165) is 14.5 Å². The fraction of sp³-hybridized carbons (Fsp3) is 0.125. The molecule has 0 aliphatic rings. The SMILES string of the molecule is Cc1cc(Br)cc(Br)c1OCC(=O)NN=Cc1cccc([N+](=O)[O-])c1. The Morgan fingerprint density at radius 3 is 2.80 bits per heavy atom. The highest BCUT2D eigenvalue weighted by Crippen LogP contribution is 2.32. The maximum Gasteiger partial charge on any atom is 0.277 e. The standard InChI is InChI=1S/C16H13Br2N3O4/c1-10-5-12(17)7-14(18)16(10)25-9-15(22)20-19-8-11-3-2-4-13(6-11)21(23)24/h2-8H,9H2,1H3,(H,20,22). The quantitative estimate of drug-likeness (QED) is 0.392. The monoisotopic (exact) mass is 469 g/mol. The van der Waals surface area contributed by atoms with E-state index in [2.05, 4.69) is 42.4 Å². The third-order valence-electron chi connectivity index (χ3n) is 3.03. The number of halogens is 2. The first-order chi connectivity index (χ1) is 11.9. The molecule has 0 unspecified atom stereocenters. The molecule has 2 aromatic carbocycles. The normalized spacial score (nSPS) is 10.7. The van der Waals surface area contributed by atoms with Crippen LogP contribution in [0, 0.1) is 17.0 Å². The Bertz CT molecular complexity index is 817. The highest BCUT2D eigenvalue weighted by Gasteiger charge is 2.09. The summed E-state index contributed by atoms with van der Waals surface area (Å²) >= 11 is 6.75. The number of rotatable bonds is 6. The minimum absolute atomic E-state index is 0.0471. The molecule has 0 aliphatic carbocycles. The van der Waals surface area contributed by atoms with Gasteiger partial charge in [-0.2, -0.15) is 5.10 Å². The summed E-state index contributed by atoms with van der Waals surface area (Å²) in [6.45, 7) is 1.65. The predicted molar refractivity (Wildman–Crippen MR) is 101 cm³/mol. The molecule has 0 atom stereocenters. The van der Waals surface area contributed by atoms with Crippen molar-refractivity contribution < 1.29 is 14.5 Å². The Hall–Kier alpha value is -2.26. The lowest BCUT2D eigenvalue weighted by Gasteiger charge is -2.10. The van der Waals surface area contributed by atoms with E-state index < -0.39 is 10.8 Å². The van der Waals surface area contributed by atoms with E-state index in [-0.39, 0.29) is 12.3 Å². The number of benzene rings is 2. The molecule has 2 aromatic rings. The van der Waals surface area contributed by atoms with Gasteiger partial charge in [0.15, 0.2) is 6.61 Å². The topological polar surface area (TPSA) is 93.8 Å². The molecule has 0 heterocycles. The zero-order chi connectivity index (χ0) is 18.4. The first-order valence-electron chi connectivity index (χ1n) is 7.01. The maximum absolute atomic E-state index is 11.8. The Morgan fingerprint density at radius 1 is 1.36 bits per heavy atom. The zero-order valence-electron chi connectivity index (χ0n) is 13.0. The van der Waals surface area contributed by atoms with Gasteiger partial charge >= 0.3 is 0 Å². The van der Waals surface area contributed by atoms with Crippen molar-refractivity contribution in [2.24, 2.45) is 5.10 Å². The molecule has 0 saturated heterocycles. The van der Waals surface area contributed by atoms with Crippen molar-refractivity contribution in [1.29, 1.82) is 0 Å². The number of ether oxygens (including phenoxy) is 1. The van der Waals surface area contributed by atoms with Crippen molar-refractivity contribution in [1.82, 2.24) is 5.43 Å². The van der Waals surface area contributed by atoms with Crippen molar-refractivity contribution in [3.8, 4) is 5.75 Å². The molecule has 7 nitrogen and oxygen atoms in total. The average molecular weight is 471 g/mol. The molecule has 0 aromatic heterocycles. The lowest BCUT2D eigenvalue weighted by Crippen LogP contribution is -2.24. The molecule has 0 saturated carbocycles. The minimum Gasteiger partial charge on any atom is -0.482 e. The van der Waals surface area contributed by atoms with Gasteiger partial charge in [0.1, 0.15) is 5.75 Å². The van der Waals surface area contributed by atoms with Gasteiger partial charge in [0.05, 0.1) is 15.6 Å². The molecule has 0 bridgehead atoms. The predicted octanol–water partition coefficient (Wildman–Crippen LogP) is 3.96. The molecule has 130 valence electrons. The molecule has 0 radical (unpaired) electrons. The zero-order valence-corrected chi connectivity index (χ0v) is 16.2. The van der Waals surface area contributed by atoms with Crippen LogP contribution in [0.1, 0.15) is 11.1 Å². The van der Waals surface area contributed by atoms with Gasteiger partial charge in [-0.1, -0.05) is 28.1 Å². The lowest BCUT2D eigenvalue weighted by atomic mass is 10.2. The van der Waals surface area contributed by atoms with E-state index in [4.69, 9.17) is 4.74 Å². The van der Waals surface area contributed by atoms with Gasteiger partial charge in [-0.25, -0.2) is 5.43 Å². The van der Waals surface area contributed by atoms with Gasteiger partial charge in [-0.3, -0.25) is 14.9 Å². The first kappa shape index (κ1) is 19.1. The highest BCUT2D eigenvalue weighted by atomic mass is 79.9. The Balaban J connectivity index is 1.91. The maximum atomic E-state index is 11.8. The first-order valence-corrected chi connectivity index (χ1v) is 8.60. The van der Waals surface area contributed by atoms with Gasteiger partial charge < -0.3 is 4.74 Å². The van der Waals surface area contributed by atoms with Crippen LogP contribution in [0.15, 0.2) is 50.4 Å². The summed E-state index contributed by atoms with van der Waals surface area (Å²) in [4.78, 5) is 22.0. The molecule has 9 heteroatoms. The number of hydrogen-bond acceptors (Lipinski definition) is 5. The molecular formula is C16H13Br2N3O4. The van der Waals surface area contributed by atoms with Crippen molar-refractivity contribution in [2.45, 2.75) is 6.92 Å². The summed E-state index contributed by atoms with van der Waals surface area (Å²) in [6, 6.07) is 9.61. The van der Waals surface area contributed by atoms with Gasteiger partial charge in [-0.15, -0.1) is 0 Å². The summed E-state index contributed by atoms with van der Waals surface area (Å²) in [5, 5.41) is 14.5. The number of nitro groups is 1. The molecule has 1 N–H and O–H groups in total. The summed E-state index contributed by atoms with van der Waals surface area (Å²) < 4.78 is 7.12. The lowest BCUT2D eigenvalue weighted by molar-refractivity contribution is -0.384. The Morgan fingerprint density at radius 2 is 2.12 bits per heavy atom. The Labute approximate surface area is 160 Å². The van der Waals surface area contributed by atoms with Crippen molar-refractivity contribution in [3.05, 3.63) is 66.6 Å². The number of amides is 1. The number of nitro benzene ring substituents is 1. The summed E-state index contributed by atoms with van der Waals surface area (Å²) in [6.07, 6.45) is 1.33. The fourth-order valence-corrected chi connectivity index (χ4v) is 3.49. The molecule has 0 spiro atoms. The molecule has 2 rings (SSSR count). The summed E-state index contributed by atoms with van der Waals surface area (Å²) in [5.41, 5.74) is 3.64. The molecule has 25 heavy (non-hydrogen) atoms. The van der Waals surface area contributed by atoms with Crippen LogP contribution in [0.25, 0.3) is 0 Å². The second kappa shape index (κ2) is 8.72. The van der Waals surface area contributed by atoms with Gasteiger partial charge in [0.2, 0.25) is 0 Å². The van der Waals surface area contributed by atoms with Crippen LogP contribution >= 0.6 is 31.9 Å². The van der Waals surface area contributed by atoms with Gasteiger partial charge in [0.25, 0.3) is 11.6 Å². The fourth-order valence-electron chi connectivity index (χ4n) is 1.94. The molecule has 0 aliphatic heterocycles. The second-order valence-corrected chi connectivity index (χ2v) is 6.74. The van der Waals surface area contributed by atoms with Crippen LogP contribution in [0.5, 0.6) is 5.75 Å². The summed E-state index contributed by atoms with van der Waals surface area (Å²) in [7, 11) is 0. The molecular weight excluding hydrogens is 458 g/mol. The number of hydrazone groups is 1. The van der Waals surface area contributed by atoms with Crippen LogP contribution in [0.4, 0.5) is 5.69 Å². The molecule has 0 fully saturated rings. The number of hydrogen-bond donors (Lipinski definition) is 1. The number of nitrogens with zero attached hydrogens (tertiary/aromatic N) is 2. The average Bonchev–Trinajstić information content (AvgIpc) is 2.54. The highest BCUT2D eigenvalue weighted by molar-refractivity contribution is 9.11. The van der Waals surface area contributed by atoms with E-state index in [1.807, 2.05) is 19.1 Å². The Kier molecular flexibility index (Phi) is 6.65. The minimum atomic E-state index is -0.498. The van der Waals surface area contributed by atoms with Crippen molar-refractivity contribution in [3.63, 3.8) is 0 Å². The van der Waals surface area contributed by atoms with Crippen molar-refractivity contribution in [2.75, 3.05) is 6.61 Å². The van der Waals surface area contributed by atoms with E-state index >= 15 is 0 Å². The van der Waals surface area contributed by atoms with E-state index in [1.54, 1.807) is 6.07 Å². The third-order valence-corrected chi connectivity index (χ3v) is 4.07. The van der Waals surface area contributed by atoms with E-state index in [1.165, 1.54) is 24.4 Å². The van der Waals surface area contributed by atoms with E-state index in [9.17, 15) is 14.9 Å². The van der Waals surface area contributed by atoms with Crippen LogP contribution in [0.2, 0.25) is 0 Å². The van der Waals surface area contributed by atoms with Crippen LogP contribution in [0.3, 0.4) is 0 Å². The second-order valence-electron chi connectivity index (χ2n) is 4.97. The largest absolute Gasteiger partial charge is 0.482 e. The number of non-ortho nitro benzene ring substituents is 1. The number of nitrogens with one attached hydrogen (secondary N) is 1. The van der Waals surface area contributed by atoms with Gasteiger partial charge in [0, 0.05) is 22.2 Å². The number of carbonyl (C=O) groups excluding carboxylic acids is 1.